The van der Waals surface area contributed by atoms with E-state index in [0.29, 0.717) is 11.8 Å². The number of unbranched alkanes of at least 4 members (excludes halogenated alkanes) is 25. The van der Waals surface area contributed by atoms with Crippen LogP contribution in [0.3, 0.4) is 0 Å². The molecular formula is C43H75N2+. The highest BCUT2D eigenvalue weighted by Crippen LogP contribution is 2.37. The predicted octanol–water partition coefficient (Wildman–Crippen LogP) is 14.5. The summed E-state index contributed by atoms with van der Waals surface area (Å²) in [4.78, 5) is 9.53. The first kappa shape index (κ1) is 39.6. The van der Waals surface area contributed by atoms with Gasteiger partial charge in [-0.15, -0.1) is 0 Å². The van der Waals surface area contributed by atoms with E-state index in [1.807, 2.05) is 12.4 Å². The Hall–Kier alpha value is -1.57. The Bertz CT molecular complexity index is 787. The van der Waals surface area contributed by atoms with E-state index in [1.54, 1.807) is 0 Å². The quantitative estimate of drug-likeness (QED) is 0.0552. The van der Waals surface area contributed by atoms with E-state index in [-0.39, 0.29) is 0 Å². The second kappa shape index (κ2) is 29.8. The van der Waals surface area contributed by atoms with Crippen LogP contribution in [0, 0.1) is 18.0 Å². The summed E-state index contributed by atoms with van der Waals surface area (Å²) in [6.07, 6.45) is 47.0. The van der Waals surface area contributed by atoms with E-state index in [2.05, 4.69) is 44.2 Å². The van der Waals surface area contributed by atoms with Crippen molar-refractivity contribution >= 4 is 12.4 Å². The molecule has 0 bridgehead atoms. The van der Waals surface area contributed by atoms with Gasteiger partial charge < -0.3 is 0 Å². The molecule has 0 N–H and O–H groups in total. The molecule has 0 aromatic heterocycles. The van der Waals surface area contributed by atoms with E-state index in [0.717, 1.165) is 12.6 Å². The standard InChI is InChI=1S/C43H75N2/c1-3-5-7-9-11-13-15-17-19-21-23-25-27-32-36-42(43-44-37-38-45-43)41(39-40-33-29-28-30-34-40)35-31-26-24-22-20-18-16-14-12-10-8-6-4-2/h28-30,33-34,37-38,41-42H,3-27,31-32,35-36,39H2,1-2H3/q+1. The Kier molecular flexibility index (Phi) is 26.2. The van der Waals surface area contributed by atoms with Crippen LogP contribution in [-0.4, -0.2) is 12.4 Å². The fourth-order valence-corrected chi connectivity index (χ4v) is 7.37. The van der Waals surface area contributed by atoms with Crippen LogP contribution in [0.5, 0.6) is 0 Å². The number of hydrogen-bond donors (Lipinski definition) is 0. The molecule has 0 saturated carbocycles. The van der Waals surface area contributed by atoms with Crippen LogP contribution >= 0.6 is 0 Å². The van der Waals surface area contributed by atoms with Crippen molar-refractivity contribution in [1.82, 2.24) is 0 Å². The molecule has 0 amide bonds. The van der Waals surface area contributed by atoms with Crippen LogP contribution < -0.4 is 0 Å². The van der Waals surface area contributed by atoms with Gasteiger partial charge in [0, 0.05) is 0 Å². The fourth-order valence-electron chi connectivity index (χ4n) is 7.37. The number of nitrogens with zero attached hydrogens (tertiary/aromatic N) is 2. The summed E-state index contributed by atoms with van der Waals surface area (Å²) in [6.45, 7) is 4.61. The first-order chi connectivity index (χ1) is 22.3. The van der Waals surface area contributed by atoms with E-state index < -0.39 is 0 Å². The molecule has 1 aliphatic heterocycles. The normalized spacial score (nSPS) is 14.0. The van der Waals surface area contributed by atoms with E-state index in [4.69, 9.17) is 9.98 Å². The Morgan fingerprint density at radius 3 is 1.20 bits per heavy atom. The predicted molar refractivity (Wildman–Crippen MR) is 203 cm³/mol. The molecule has 0 spiro atoms. The molecule has 1 aromatic rings. The minimum absolute atomic E-state index is 0.495. The summed E-state index contributed by atoms with van der Waals surface area (Å²) < 4.78 is 0. The average molecular weight is 620 g/mol. The molecule has 45 heavy (non-hydrogen) atoms. The SMILES string of the molecule is CCCCCCCCCCCCCCCCC([C+]1N=CC=N1)C(CCCCCCCCCCCCCCC)Cc1ccccc1. The highest BCUT2D eigenvalue weighted by molar-refractivity contribution is 6.18. The van der Waals surface area contributed by atoms with Crippen LogP contribution in [0.4, 0.5) is 0 Å². The first-order valence-electron chi connectivity index (χ1n) is 20.3. The summed E-state index contributed by atoms with van der Waals surface area (Å²) in [7, 11) is 0. The van der Waals surface area contributed by atoms with E-state index >= 15 is 0 Å². The lowest BCUT2D eigenvalue weighted by Gasteiger charge is -2.26. The molecule has 1 heterocycles. The van der Waals surface area contributed by atoms with Gasteiger partial charge in [-0.2, -0.15) is 0 Å². The topological polar surface area (TPSA) is 24.7 Å². The zero-order valence-corrected chi connectivity index (χ0v) is 30.3. The zero-order valence-electron chi connectivity index (χ0n) is 30.3. The smallest absolute Gasteiger partial charge is 0.0965 e. The van der Waals surface area contributed by atoms with Crippen LogP contribution in [0.25, 0.3) is 0 Å². The summed E-state index contributed by atoms with van der Waals surface area (Å²) in [5.41, 5.74) is 1.48. The van der Waals surface area contributed by atoms with Gasteiger partial charge in [-0.1, -0.05) is 228 Å². The van der Waals surface area contributed by atoms with Gasteiger partial charge in [0.2, 0.25) is 6.17 Å². The maximum absolute atomic E-state index is 4.77. The summed E-state index contributed by atoms with van der Waals surface area (Å²) in [5.74, 6) is 1.14. The third-order valence-corrected chi connectivity index (χ3v) is 10.3. The summed E-state index contributed by atoms with van der Waals surface area (Å²) in [6, 6.07) is 11.2. The minimum atomic E-state index is 0.495. The Balaban J connectivity index is 1.66. The third-order valence-electron chi connectivity index (χ3n) is 10.3. The van der Waals surface area contributed by atoms with Crippen molar-refractivity contribution in [1.29, 1.82) is 0 Å². The molecule has 0 fully saturated rings. The highest BCUT2D eigenvalue weighted by Gasteiger charge is 2.35. The maximum atomic E-state index is 4.77. The number of aliphatic imine (C=N–C) groups is 2. The lowest BCUT2D eigenvalue weighted by molar-refractivity contribution is 0.284. The first-order valence-corrected chi connectivity index (χ1v) is 20.3. The van der Waals surface area contributed by atoms with E-state index in [9.17, 15) is 0 Å². The molecule has 256 valence electrons. The highest BCUT2D eigenvalue weighted by atomic mass is 15.0. The largest absolute Gasteiger partial charge is 0.244 e. The number of hydrogen-bond acceptors (Lipinski definition) is 2. The Morgan fingerprint density at radius 2 is 0.800 bits per heavy atom. The van der Waals surface area contributed by atoms with Gasteiger partial charge in [0.1, 0.15) is 0 Å². The molecule has 2 rings (SSSR count). The molecule has 1 aliphatic rings. The van der Waals surface area contributed by atoms with Gasteiger partial charge >= 0.3 is 0 Å². The van der Waals surface area contributed by atoms with Crippen molar-refractivity contribution in [3.05, 3.63) is 42.1 Å². The second-order valence-corrected chi connectivity index (χ2v) is 14.4. The molecule has 0 radical (unpaired) electrons. The Morgan fingerprint density at radius 1 is 0.444 bits per heavy atom. The van der Waals surface area contributed by atoms with Crippen molar-refractivity contribution in [2.24, 2.45) is 21.8 Å². The van der Waals surface area contributed by atoms with Crippen molar-refractivity contribution in [3.8, 4) is 0 Å². The van der Waals surface area contributed by atoms with Crippen LogP contribution in [-0.2, 0) is 6.42 Å². The van der Waals surface area contributed by atoms with Gasteiger partial charge in [0.05, 0.1) is 5.92 Å². The lowest BCUT2D eigenvalue weighted by Crippen LogP contribution is -2.22. The van der Waals surface area contributed by atoms with Crippen LogP contribution in [0.15, 0.2) is 40.3 Å². The number of rotatable bonds is 33. The van der Waals surface area contributed by atoms with E-state index in [1.165, 1.54) is 192 Å². The van der Waals surface area contributed by atoms with Crippen LogP contribution in [0.2, 0.25) is 0 Å². The molecule has 1 aromatic carbocycles. The van der Waals surface area contributed by atoms with Gasteiger partial charge in [-0.3, -0.25) is 0 Å². The fraction of sp³-hybridized carbons (Fsp3) is 0.791. The third kappa shape index (κ3) is 21.8. The molecule has 2 atom stereocenters. The Labute approximate surface area is 282 Å². The number of benzene rings is 1. The summed E-state index contributed by atoms with van der Waals surface area (Å²) in [5, 5.41) is 0. The van der Waals surface area contributed by atoms with Crippen LogP contribution in [0.1, 0.15) is 206 Å². The second-order valence-electron chi connectivity index (χ2n) is 14.4. The monoisotopic (exact) mass is 620 g/mol. The average Bonchev–Trinajstić information content (AvgIpc) is 3.60. The minimum Gasteiger partial charge on any atom is -0.0965 e. The van der Waals surface area contributed by atoms with Crippen molar-refractivity contribution in [2.45, 2.75) is 206 Å². The molecule has 2 heteroatoms. The van der Waals surface area contributed by atoms with Gasteiger partial charge in [0.25, 0.3) is 0 Å². The summed E-state index contributed by atoms with van der Waals surface area (Å²) >= 11 is 0. The molecule has 2 unspecified atom stereocenters. The van der Waals surface area contributed by atoms with Crippen molar-refractivity contribution < 1.29 is 0 Å². The van der Waals surface area contributed by atoms with Gasteiger partial charge in [-0.05, 0) is 30.7 Å². The van der Waals surface area contributed by atoms with Gasteiger partial charge in [-0.25, -0.2) is 0 Å². The molecular weight excluding hydrogens is 544 g/mol. The van der Waals surface area contributed by atoms with Crippen molar-refractivity contribution in [3.63, 3.8) is 0 Å². The maximum Gasteiger partial charge on any atom is 0.244 e. The molecule has 0 saturated heterocycles. The molecule has 2 nitrogen and oxygen atoms in total. The lowest BCUT2D eigenvalue weighted by atomic mass is 9.78. The molecule has 0 aliphatic carbocycles. The van der Waals surface area contributed by atoms with Gasteiger partial charge in [0.15, 0.2) is 12.4 Å². The zero-order chi connectivity index (χ0) is 31.9. The van der Waals surface area contributed by atoms with Crippen molar-refractivity contribution in [2.75, 3.05) is 0 Å².